The number of rotatable bonds is 3. The highest BCUT2D eigenvalue weighted by molar-refractivity contribution is 7.21. The van der Waals surface area contributed by atoms with Crippen LogP contribution in [0.3, 0.4) is 0 Å². The van der Waals surface area contributed by atoms with Gasteiger partial charge >= 0.3 is 0 Å². The largest absolute Gasteiger partial charge is 0.455 e. The molecule has 4 heterocycles. The van der Waals surface area contributed by atoms with Crippen molar-refractivity contribution >= 4 is 43.7 Å². The fourth-order valence-electron chi connectivity index (χ4n) is 4.51. The van der Waals surface area contributed by atoms with Crippen molar-refractivity contribution in [2.75, 3.05) is 31.1 Å². The number of anilines is 1. The molecule has 174 valence electrons. The number of carbonyl (C=O) groups is 1. The van der Waals surface area contributed by atoms with Crippen LogP contribution in [-0.4, -0.2) is 47.0 Å². The Hall–Kier alpha value is -4.04. The maximum Gasteiger partial charge on any atom is 0.257 e. The Labute approximate surface area is 205 Å². The third kappa shape index (κ3) is 3.76. The van der Waals surface area contributed by atoms with Crippen LogP contribution in [0.1, 0.15) is 15.9 Å². The normalized spacial score (nSPS) is 14.1. The SMILES string of the molecule is Cc1c(-c2ccccc2)oc2c(C(=O)N3CCN(c4nc5cccnc5s4)CC3)cccc2c1=O. The van der Waals surface area contributed by atoms with Gasteiger partial charge in [-0.05, 0) is 31.2 Å². The molecule has 0 bridgehead atoms. The number of thiazole rings is 1. The van der Waals surface area contributed by atoms with Crippen molar-refractivity contribution in [2.24, 2.45) is 0 Å². The quantitative estimate of drug-likeness (QED) is 0.370. The number of fused-ring (bicyclic) bond motifs is 2. The molecule has 35 heavy (non-hydrogen) atoms. The van der Waals surface area contributed by atoms with Crippen LogP contribution in [0, 0.1) is 6.92 Å². The maximum atomic E-state index is 13.6. The summed E-state index contributed by atoms with van der Waals surface area (Å²) in [6.07, 6.45) is 1.77. The summed E-state index contributed by atoms with van der Waals surface area (Å²) >= 11 is 1.56. The molecule has 5 aromatic rings. The van der Waals surface area contributed by atoms with Crippen LogP contribution in [-0.2, 0) is 0 Å². The van der Waals surface area contributed by atoms with E-state index in [-0.39, 0.29) is 11.3 Å². The lowest BCUT2D eigenvalue weighted by Gasteiger charge is -2.34. The number of carbonyl (C=O) groups excluding carboxylic acids is 1. The number of amides is 1. The molecule has 1 aliphatic heterocycles. The van der Waals surface area contributed by atoms with Crippen LogP contribution in [0.5, 0.6) is 0 Å². The molecule has 0 atom stereocenters. The van der Waals surface area contributed by atoms with E-state index in [4.69, 9.17) is 9.40 Å². The minimum absolute atomic E-state index is 0.117. The minimum Gasteiger partial charge on any atom is -0.455 e. The molecule has 0 aliphatic carbocycles. The molecule has 1 fully saturated rings. The van der Waals surface area contributed by atoms with Crippen LogP contribution in [0.2, 0.25) is 0 Å². The van der Waals surface area contributed by atoms with Crippen molar-refractivity contribution in [1.82, 2.24) is 14.9 Å². The van der Waals surface area contributed by atoms with Crippen molar-refractivity contribution in [2.45, 2.75) is 6.92 Å². The van der Waals surface area contributed by atoms with E-state index in [1.807, 2.05) is 47.4 Å². The first-order chi connectivity index (χ1) is 17.1. The van der Waals surface area contributed by atoms with E-state index in [2.05, 4.69) is 9.88 Å². The lowest BCUT2D eigenvalue weighted by molar-refractivity contribution is 0.0747. The van der Waals surface area contributed by atoms with Crippen molar-refractivity contribution in [1.29, 1.82) is 0 Å². The average molecular weight is 483 g/mol. The van der Waals surface area contributed by atoms with E-state index in [0.29, 0.717) is 54.0 Å². The second-order valence-electron chi connectivity index (χ2n) is 8.54. The van der Waals surface area contributed by atoms with Gasteiger partial charge in [0.2, 0.25) is 0 Å². The number of nitrogens with zero attached hydrogens (tertiary/aromatic N) is 4. The van der Waals surface area contributed by atoms with Gasteiger partial charge in [0.25, 0.3) is 5.91 Å². The summed E-state index contributed by atoms with van der Waals surface area (Å²) in [5.41, 5.74) is 2.87. The Kier molecular flexibility index (Phi) is 5.30. The topological polar surface area (TPSA) is 79.5 Å². The summed E-state index contributed by atoms with van der Waals surface area (Å²) in [5.74, 6) is 0.366. The van der Waals surface area contributed by atoms with Crippen molar-refractivity contribution in [3.63, 3.8) is 0 Å². The van der Waals surface area contributed by atoms with Gasteiger partial charge in [-0.25, -0.2) is 9.97 Å². The van der Waals surface area contributed by atoms with Crippen molar-refractivity contribution in [3.05, 3.63) is 88.2 Å². The first kappa shape index (κ1) is 21.5. The number of pyridine rings is 1. The van der Waals surface area contributed by atoms with Gasteiger partial charge in [0, 0.05) is 43.5 Å². The second kappa shape index (κ2) is 8.63. The van der Waals surface area contributed by atoms with E-state index < -0.39 is 0 Å². The summed E-state index contributed by atoms with van der Waals surface area (Å²) in [4.78, 5) is 40.7. The number of hydrogen-bond acceptors (Lipinski definition) is 7. The molecule has 0 N–H and O–H groups in total. The predicted octanol–water partition coefficient (Wildman–Crippen LogP) is 4.74. The number of aromatic nitrogens is 2. The fraction of sp³-hybridized carbons (Fsp3) is 0.185. The summed E-state index contributed by atoms with van der Waals surface area (Å²) in [6, 6.07) is 18.6. The Morgan fingerprint density at radius 2 is 1.77 bits per heavy atom. The Morgan fingerprint density at radius 1 is 0.971 bits per heavy atom. The summed E-state index contributed by atoms with van der Waals surface area (Å²) in [5, 5.41) is 1.35. The van der Waals surface area contributed by atoms with E-state index in [9.17, 15) is 9.59 Å². The van der Waals surface area contributed by atoms with Crippen molar-refractivity contribution < 1.29 is 9.21 Å². The fourth-order valence-corrected chi connectivity index (χ4v) is 5.47. The standard InChI is InChI=1S/C27H22N4O3S/c1-17-22(32)19-9-5-10-20(24(19)34-23(17)18-7-3-2-4-8-18)26(33)30-13-15-31(16-14-30)27-29-21-11-6-12-28-25(21)35-27/h2-12H,13-16H2,1H3. The molecule has 0 unspecified atom stereocenters. The average Bonchev–Trinajstić information content (AvgIpc) is 3.35. The van der Waals surface area contributed by atoms with Crippen LogP contribution < -0.4 is 10.3 Å². The summed E-state index contributed by atoms with van der Waals surface area (Å²) in [7, 11) is 0. The number of hydrogen-bond donors (Lipinski definition) is 0. The number of piperazine rings is 1. The van der Waals surface area contributed by atoms with E-state index in [1.54, 1.807) is 42.7 Å². The Bertz CT molecular complexity index is 1590. The molecule has 0 saturated carbocycles. The highest BCUT2D eigenvalue weighted by atomic mass is 32.1. The third-order valence-corrected chi connectivity index (χ3v) is 7.44. The summed E-state index contributed by atoms with van der Waals surface area (Å²) in [6.45, 7) is 4.22. The van der Waals surface area contributed by atoms with E-state index in [0.717, 1.165) is 21.0 Å². The van der Waals surface area contributed by atoms with Gasteiger partial charge in [0.05, 0.1) is 10.9 Å². The lowest BCUT2D eigenvalue weighted by Crippen LogP contribution is -2.48. The monoisotopic (exact) mass is 482 g/mol. The molecule has 1 amide bonds. The van der Waals surface area contributed by atoms with Gasteiger partial charge in [0.1, 0.15) is 16.1 Å². The molecular weight excluding hydrogens is 460 g/mol. The molecule has 1 aliphatic rings. The minimum atomic E-state index is -0.132. The number of para-hydroxylation sites is 1. The maximum absolute atomic E-state index is 13.6. The summed E-state index contributed by atoms with van der Waals surface area (Å²) < 4.78 is 6.25. The van der Waals surface area contributed by atoms with Gasteiger partial charge in [0.15, 0.2) is 16.1 Å². The van der Waals surface area contributed by atoms with Gasteiger partial charge < -0.3 is 14.2 Å². The third-order valence-electron chi connectivity index (χ3n) is 6.40. The van der Waals surface area contributed by atoms with Gasteiger partial charge in [-0.15, -0.1) is 0 Å². The molecule has 3 aromatic heterocycles. The van der Waals surface area contributed by atoms with Crippen LogP contribution >= 0.6 is 11.3 Å². The van der Waals surface area contributed by atoms with Crippen LogP contribution in [0.15, 0.2) is 76.1 Å². The molecule has 7 nitrogen and oxygen atoms in total. The van der Waals surface area contributed by atoms with E-state index in [1.165, 1.54) is 0 Å². The molecule has 0 radical (unpaired) electrons. The molecule has 0 spiro atoms. The van der Waals surface area contributed by atoms with Gasteiger partial charge in [-0.2, -0.15) is 0 Å². The highest BCUT2D eigenvalue weighted by Gasteiger charge is 2.26. The first-order valence-electron chi connectivity index (χ1n) is 11.5. The van der Waals surface area contributed by atoms with E-state index >= 15 is 0 Å². The highest BCUT2D eigenvalue weighted by Crippen LogP contribution is 2.30. The second-order valence-corrected chi connectivity index (χ2v) is 9.49. The van der Waals surface area contributed by atoms with Crippen LogP contribution in [0.4, 0.5) is 5.13 Å². The molecular formula is C27H22N4O3S. The zero-order valence-electron chi connectivity index (χ0n) is 19.1. The Morgan fingerprint density at radius 3 is 2.54 bits per heavy atom. The van der Waals surface area contributed by atoms with Gasteiger partial charge in [-0.3, -0.25) is 9.59 Å². The first-order valence-corrected chi connectivity index (χ1v) is 12.3. The smallest absolute Gasteiger partial charge is 0.257 e. The Balaban J connectivity index is 1.30. The zero-order valence-corrected chi connectivity index (χ0v) is 19.9. The molecule has 8 heteroatoms. The molecule has 1 saturated heterocycles. The number of benzene rings is 2. The van der Waals surface area contributed by atoms with Crippen LogP contribution in [0.25, 0.3) is 32.6 Å². The van der Waals surface area contributed by atoms with Gasteiger partial charge in [-0.1, -0.05) is 47.7 Å². The van der Waals surface area contributed by atoms with Crippen molar-refractivity contribution in [3.8, 4) is 11.3 Å². The predicted molar refractivity (Wildman–Crippen MR) is 138 cm³/mol. The molecule has 6 rings (SSSR count). The molecule has 2 aromatic carbocycles. The zero-order chi connectivity index (χ0) is 23.9. The lowest BCUT2D eigenvalue weighted by atomic mass is 10.0.